The van der Waals surface area contributed by atoms with Crippen LogP contribution in [0.1, 0.15) is 41.7 Å². The first kappa shape index (κ1) is 14.8. The molecule has 1 amide bonds. The molecule has 0 radical (unpaired) electrons. The molecule has 0 N–H and O–H groups in total. The molecule has 0 unspecified atom stereocenters. The van der Waals surface area contributed by atoms with Crippen molar-refractivity contribution in [1.29, 1.82) is 0 Å². The maximum atomic E-state index is 13.3. The molecule has 1 aliphatic rings. The molecule has 1 aromatic heterocycles. The average Bonchev–Trinajstić information content (AvgIpc) is 3.21. The molecule has 1 saturated carbocycles. The highest BCUT2D eigenvalue weighted by Gasteiger charge is 2.28. The van der Waals surface area contributed by atoms with E-state index in [9.17, 15) is 9.18 Å². The lowest BCUT2D eigenvalue weighted by Gasteiger charge is -2.28. The summed E-state index contributed by atoms with van der Waals surface area (Å²) >= 11 is 0. The van der Waals surface area contributed by atoms with E-state index in [4.69, 9.17) is 4.52 Å². The number of rotatable bonds is 5. The molecular weight excluding hydrogens is 283 g/mol. The number of amides is 1. The zero-order valence-electron chi connectivity index (χ0n) is 12.4. The maximum absolute atomic E-state index is 13.3. The average molecular weight is 302 g/mol. The van der Waals surface area contributed by atoms with Gasteiger partial charge in [-0.15, -0.1) is 0 Å². The fraction of sp³-hybridized carbons (Fsp3) is 0.412. The van der Waals surface area contributed by atoms with Gasteiger partial charge in [0.25, 0.3) is 5.91 Å². The van der Waals surface area contributed by atoms with Gasteiger partial charge in [0.1, 0.15) is 12.1 Å². The second kappa shape index (κ2) is 6.73. The van der Waals surface area contributed by atoms with Gasteiger partial charge >= 0.3 is 0 Å². The summed E-state index contributed by atoms with van der Waals surface area (Å²) in [6.45, 7) is 0.569. The van der Waals surface area contributed by atoms with Gasteiger partial charge in [-0.3, -0.25) is 4.79 Å². The minimum absolute atomic E-state index is 0.1000. The highest BCUT2D eigenvalue weighted by Crippen LogP contribution is 2.25. The number of carbonyl (C=O) groups excluding carboxylic acids is 1. The fourth-order valence-electron chi connectivity index (χ4n) is 3.08. The third-order valence-electron chi connectivity index (χ3n) is 4.21. The Bertz CT molecular complexity index is 621. The van der Waals surface area contributed by atoms with E-state index in [1.54, 1.807) is 12.1 Å². The molecule has 1 aromatic carbocycles. The lowest BCUT2D eigenvalue weighted by atomic mass is 10.1. The van der Waals surface area contributed by atoms with Crippen LogP contribution < -0.4 is 0 Å². The highest BCUT2D eigenvalue weighted by molar-refractivity contribution is 5.92. The number of benzene rings is 1. The van der Waals surface area contributed by atoms with Crippen LogP contribution >= 0.6 is 0 Å². The van der Waals surface area contributed by atoms with Gasteiger partial charge in [-0.05, 0) is 37.0 Å². The number of nitrogens with zero attached hydrogens (tertiary/aromatic N) is 2. The highest BCUT2D eigenvalue weighted by atomic mass is 19.1. The van der Waals surface area contributed by atoms with Crippen molar-refractivity contribution in [1.82, 2.24) is 10.1 Å². The van der Waals surface area contributed by atoms with Crippen LogP contribution in [0.5, 0.6) is 0 Å². The molecular formula is C17H19FN2O2. The van der Waals surface area contributed by atoms with Gasteiger partial charge in [0.15, 0.2) is 5.69 Å². The van der Waals surface area contributed by atoms with Crippen LogP contribution in [0.15, 0.2) is 41.1 Å². The first-order valence-electron chi connectivity index (χ1n) is 7.70. The molecule has 0 saturated heterocycles. The normalized spacial score (nSPS) is 15.1. The number of carbonyl (C=O) groups is 1. The summed E-state index contributed by atoms with van der Waals surface area (Å²) in [6, 6.07) is 8.37. The van der Waals surface area contributed by atoms with Crippen molar-refractivity contribution < 1.29 is 13.7 Å². The van der Waals surface area contributed by atoms with Crippen molar-refractivity contribution >= 4 is 5.91 Å². The molecule has 1 aliphatic carbocycles. The smallest absolute Gasteiger partial charge is 0.276 e. The second-order valence-electron chi connectivity index (χ2n) is 5.70. The lowest BCUT2D eigenvalue weighted by molar-refractivity contribution is 0.0673. The van der Waals surface area contributed by atoms with Gasteiger partial charge < -0.3 is 9.42 Å². The van der Waals surface area contributed by atoms with E-state index in [0.29, 0.717) is 18.7 Å². The summed E-state index contributed by atoms with van der Waals surface area (Å²) in [7, 11) is 0. The van der Waals surface area contributed by atoms with E-state index in [1.807, 2.05) is 11.0 Å². The molecule has 5 heteroatoms. The Labute approximate surface area is 128 Å². The van der Waals surface area contributed by atoms with E-state index in [0.717, 1.165) is 31.2 Å². The van der Waals surface area contributed by atoms with Crippen molar-refractivity contribution in [2.75, 3.05) is 6.54 Å². The lowest BCUT2D eigenvalue weighted by Crippen LogP contribution is -2.40. The number of aromatic nitrogens is 1. The maximum Gasteiger partial charge on any atom is 0.276 e. The SMILES string of the molecule is O=C(c1ccon1)N(CCc1cccc(F)c1)C1CCCC1. The minimum Gasteiger partial charge on any atom is -0.364 e. The zero-order valence-corrected chi connectivity index (χ0v) is 12.4. The largest absolute Gasteiger partial charge is 0.364 e. The quantitative estimate of drug-likeness (QED) is 0.850. The van der Waals surface area contributed by atoms with E-state index >= 15 is 0 Å². The van der Waals surface area contributed by atoms with Crippen LogP contribution in [-0.4, -0.2) is 28.6 Å². The molecule has 116 valence electrons. The second-order valence-corrected chi connectivity index (χ2v) is 5.70. The van der Waals surface area contributed by atoms with Crippen molar-refractivity contribution in [3.63, 3.8) is 0 Å². The van der Waals surface area contributed by atoms with Crippen molar-refractivity contribution in [3.8, 4) is 0 Å². The minimum atomic E-state index is -0.243. The topological polar surface area (TPSA) is 46.3 Å². The molecule has 3 rings (SSSR count). The van der Waals surface area contributed by atoms with Crippen LogP contribution in [0, 0.1) is 5.82 Å². The monoisotopic (exact) mass is 302 g/mol. The molecule has 2 aromatic rings. The summed E-state index contributed by atoms with van der Waals surface area (Å²) in [5.41, 5.74) is 1.24. The van der Waals surface area contributed by atoms with Crippen LogP contribution in [0.3, 0.4) is 0 Å². The Morgan fingerprint density at radius 3 is 2.82 bits per heavy atom. The molecule has 0 bridgehead atoms. The Morgan fingerprint density at radius 2 is 2.14 bits per heavy atom. The van der Waals surface area contributed by atoms with Gasteiger partial charge in [0.05, 0.1) is 0 Å². The van der Waals surface area contributed by atoms with Crippen molar-refractivity contribution in [2.24, 2.45) is 0 Å². The van der Waals surface area contributed by atoms with Crippen LogP contribution in [0.25, 0.3) is 0 Å². The molecule has 1 heterocycles. The summed E-state index contributed by atoms with van der Waals surface area (Å²) in [5.74, 6) is -0.343. The fourth-order valence-corrected chi connectivity index (χ4v) is 3.08. The Morgan fingerprint density at radius 1 is 1.32 bits per heavy atom. The standard InChI is InChI=1S/C17H19FN2O2/c18-14-5-3-4-13(12-14)8-10-20(15-6-1-2-7-15)17(21)16-9-11-22-19-16/h3-5,9,11-12,15H,1-2,6-8,10H2. The first-order chi connectivity index (χ1) is 10.7. The molecule has 1 fully saturated rings. The molecule has 0 atom stereocenters. The molecule has 4 nitrogen and oxygen atoms in total. The van der Waals surface area contributed by atoms with Gasteiger partial charge in [0.2, 0.25) is 0 Å². The van der Waals surface area contributed by atoms with Crippen molar-refractivity contribution in [3.05, 3.63) is 53.7 Å². The summed E-state index contributed by atoms with van der Waals surface area (Å²) in [5, 5.41) is 3.75. The van der Waals surface area contributed by atoms with Gasteiger partial charge in [0, 0.05) is 18.7 Å². The zero-order chi connectivity index (χ0) is 15.4. The van der Waals surface area contributed by atoms with Gasteiger partial charge in [-0.2, -0.15) is 0 Å². The van der Waals surface area contributed by atoms with Gasteiger partial charge in [-0.1, -0.05) is 30.1 Å². The predicted octanol–water partition coefficient (Wildman–Crippen LogP) is 3.44. The third-order valence-corrected chi connectivity index (χ3v) is 4.21. The van der Waals surface area contributed by atoms with E-state index in [-0.39, 0.29) is 17.8 Å². The summed E-state index contributed by atoms with van der Waals surface area (Å²) in [4.78, 5) is 14.5. The summed E-state index contributed by atoms with van der Waals surface area (Å²) < 4.78 is 18.1. The van der Waals surface area contributed by atoms with Crippen LogP contribution in [0.4, 0.5) is 4.39 Å². The number of hydrogen-bond donors (Lipinski definition) is 0. The first-order valence-corrected chi connectivity index (χ1v) is 7.70. The Hall–Kier alpha value is -2.17. The number of halogens is 1. The van der Waals surface area contributed by atoms with Gasteiger partial charge in [-0.25, -0.2) is 4.39 Å². The molecule has 0 aliphatic heterocycles. The predicted molar refractivity (Wildman–Crippen MR) is 79.9 cm³/mol. The van der Waals surface area contributed by atoms with E-state index in [1.165, 1.54) is 18.4 Å². The Balaban J connectivity index is 1.72. The van der Waals surface area contributed by atoms with Crippen molar-refractivity contribution in [2.45, 2.75) is 38.1 Å². The van der Waals surface area contributed by atoms with Crippen LogP contribution in [-0.2, 0) is 6.42 Å². The van der Waals surface area contributed by atoms with Crippen LogP contribution in [0.2, 0.25) is 0 Å². The molecule has 22 heavy (non-hydrogen) atoms. The van der Waals surface area contributed by atoms with E-state index in [2.05, 4.69) is 5.16 Å². The Kier molecular flexibility index (Phi) is 4.51. The summed E-state index contributed by atoms with van der Waals surface area (Å²) in [6.07, 6.45) is 6.38. The number of hydrogen-bond acceptors (Lipinski definition) is 3. The third kappa shape index (κ3) is 3.35. The van der Waals surface area contributed by atoms with E-state index < -0.39 is 0 Å². The molecule has 0 spiro atoms.